The van der Waals surface area contributed by atoms with Crippen LogP contribution in [0, 0.1) is 0 Å². The van der Waals surface area contributed by atoms with Gasteiger partial charge in [-0.05, 0) is 37.3 Å². The molecular weight excluding hydrogens is 354 g/mol. The van der Waals surface area contributed by atoms with Crippen molar-refractivity contribution in [2.45, 2.75) is 19.4 Å². The molecule has 3 rings (SSSR count). The highest BCUT2D eigenvalue weighted by molar-refractivity contribution is 6.31. The number of carbonyl (C=O) groups excluding carboxylic acids is 2. The molecule has 0 spiro atoms. The molecule has 0 fully saturated rings. The largest absolute Gasteiger partial charge is 0.495 e. The van der Waals surface area contributed by atoms with Crippen LogP contribution in [0.1, 0.15) is 13.3 Å². The zero-order valence-electron chi connectivity index (χ0n) is 14.6. The summed E-state index contributed by atoms with van der Waals surface area (Å²) in [5, 5.41) is 6.47. The van der Waals surface area contributed by atoms with Gasteiger partial charge in [0, 0.05) is 17.5 Å². The highest BCUT2D eigenvalue weighted by atomic mass is 35.5. The first kappa shape index (κ1) is 18.1. The molecule has 1 aliphatic rings. The van der Waals surface area contributed by atoms with Gasteiger partial charge in [-0.25, -0.2) is 0 Å². The number of para-hydroxylation sites is 2. The first-order valence-corrected chi connectivity index (χ1v) is 8.65. The van der Waals surface area contributed by atoms with E-state index in [-0.39, 0.29) is 30.8 Å². The molecule has 0 aliphatic carbocycles. The van der Waals surface area contributed by atoms with Crippen molar-refractivity contribution in [2.75, 3.05) is 29.2 Å². The minimum absolute atomic E-state index is 0.0452. The molecule has 2 amide bonds. The molecule has 6 nitrogen and oxygen atoms in total. The van der Waals surface area contributed by atoms with Crippen LogP contribution in [0.2, 0.25) is 5.02 Å². The van der Waals surface area contributed by atoms with E-state index in [1.165, 1.54) is 0 Å². The molecule has 0 saturated carbocycles. The summed E-state index contributed by atoms with van der Waals surface area (Å²) in [6.45, 7) is 1.91. The summed E-state index contributed by atoms with van der Waals surface area (Å²) in [5.74, 6) is 0.344. The smallest absolute Gasteiger partial charge is 0.246 e. The van der Waals surface area contributed by atoms with Crippen LogP contribution >= 0.6 is 11.6 Å². The fourth-order valence-electron chi connectivity index (χ4n) is 3.04. The Bertz CT molecular complexity index is 841. The molecule has 2 aromatic rings. The Hall–Kier alpha value is -2.73. The molecule has 136 valence electrons. The van der Waals surface area contributed by atoms with Crippen molar-refractivity contribution >= 4 is 40.5 Å². The SMILES string of the molecule is COc1ccc(Cl)cc1NCC(=O)N1c2ccccc2NC(=O)C[C@@H]1C. The van der Waals surface area contributed by atoms with Gasteiger partial charge in [0.25, 0.3) is 0 Å². The lowest BCUT2D eigenvalue weighted by Crippen LogP contribution is -2.42. The molecule has 0 aromatic heterocycles. The summed E-state index contributed by atoms with van der Waals surface area (Å²) < 4.78 is 5.29. The lowest BCUT2D eigenvalue weighted by atomic mass is 10.1. The van der Waals surface area contributed by atoms with Crippen LogP contribution in [0.4, 0.5) is 17.1 Å². The number of carbonyl (C=O) groups is 2. The number of amides is 2. The Morgan fingerprint density at radius 2 is 2.12 bits per heavy atom. The number of anilines is 3. The summed E-state index contributed by atoms with van der Waals surface area (Å²) in [5.41, 5.74) is 1.96. The van der Waals surface area contributed by atoms with Crippen molar-refractivity contribution in [3.8, 4) is 5.75 Å². The first-order valence-electron chi connectivity index (χ1n) is 8.28. The Labute approximate surface area is 157 Å². The second-order valence-corrected chi connectivity index (χ2v) is 6.52. The van der Waals surface area contributed by atoms with Gasteiger partial charge >= 0.3 is 0 Å². The zero-order chi connectivity index (χ0) is 18.7. The Kier molecular flexibility index (Phi) is 5.32. The molecule has 2 aromatic carbocycles. The highest BCUT2D eigenvalue weighted by Crippen LogP contribution is 2.32. The average molecular weight is 374 g/mol. The lowest BCUT2D eigenvalue weighted by Gasteiger charge is -2.28. The molecule has 2 N–H and O–H groups in total. The molecule has 0 unspecified atom stereocenters. The predicted octanol–water partition coefficient (Wildman–Crippen LogP) is 3.52. The quantitative estimate of drug-likeness (QED) is 0.860. The number of hydrogen-bond acceptors (Lipinski definition) is 4. The number of halogens is 1. The summed E-state index contributed by atoms with van der Waals surface area (Å²) in [6, 6.07) is 12.2. The fraction of sp³-hybridized carbons (Fsp3) is 0.263. The maximum atomic E-state index is 12.9. The van der Waals surface area contributed by atoms with Crippen LogP contribution in [-0.2, 0) is 9.59 Å². The van der Waals surface area contributed by atoms with Gasteiger partial charge in [0.2, 0.25) is 11.8 Å². The van der Waals surface area contributed by atoms with E-state index in [1.54, 1.807) is 36.3 Å². The van der Waals surface area contributed by atoms with Crippen molar-refractivity contribution in [1.29, 1.82) is 0 Å². The third-order valence-electron chi connectivity index (χ3n) is 4.22. The molecule has 1 heterocycles. The third-order valence-corrected chi connectivity index (χ3v) is 4.45. The van der Waals surface area contributed by atoms with Crippen LogP contribution < -0.4 is 20.3 Å². The molecule has 1 aliphatic heterocycles. The second kappa shape index (κ2) is 7.66. The van der Waals surface area contributed by atoms with Gasteiger partial charge < -0.3 is 20.3 Å². The fourth-order valence-corrected chi connectivity index (χ4v) is 3.21. The van der Waals surface area contributed by atoms with Gasteiger partial charge in [-0.2, -0.15) is 0 Å². The zero-order valence-corrected chi connectivity index (χ0v) is 15.3. The number of rotatable bonds is 4. The average Bonchev–Trinajstić information content (AvgIpc) is 2.74. The van der Waals surface area contributed by atoms with E-state index < -0.39 is 0 Å². The van der Waals surface area contributed by atoms with E-state index in [4.69, 9.17) is 16.3 Å². The molecule has 1 atom stereocenters. The number of benzene rings is 2. The summed E-state index contributed by atoms with van der Waals surface area (Å²) in [7, 11) is 1.56. The number of fused-ring (bicyclic) bond motifs is 1. The predicted molar refractivity (Wildman–Crippen MR) is 103 cm³/mol. The van der Waals surface area contributed by atoms with Gasteiger partial charge in [-0.15, -0.1) is 0 Å². The Morgan fingerprint density at radius 3 is 2.88 bits per heavy atom. The molecule has 0 radical (unpaired) electrons. The van der Waals surface area contributed by atoms with Crippen molar-refractivity contribution < 1.29 is 14.3 Å². The second-order valence-electron chi connectivity index (χ2n) is 6.08. The van der Waals surface area contributed by atoms with Crippen molar-refractivity contribution in [3.63, 3.8) is 0 Å². The number of nitrogens with one attached hydrogen (secondary N) is 2. The van der Waals surface area contributed by atoms with Gasteiger partial charge in [0.05, 0.1) is 30.7 Å². The maximum absolute atomic E-state index is 12.9. The normalized spacial score (nSPS) is 16.3. The van der Waals surface area contributed by atoms with Gasteiger partial charge in [-0.1, -0.05) is 23.7 Å². The van der Waals surface area contributed by atoms with Crippen LogP contribution in [0.15, 0.2) is 42.5 Å². The number of methoxy groups -OCH3 is 1. The lowest BCUT2D eigenvalue weighted by molar-refractivity contribution is -0.118. The van der Waals surface area contributed by atoms with Crippen LogP contribution in [0.3, 0.4) is 0 Å². The molecule has 26 heavy (non-hydrogen) atoms. The minimum Gasteiger partial charge on any atom is -0.495 e. The van der Waals surface area contributed by atoms with Crippen molar-refractivity contribution in [3.05, 3.63) is 47.5 Å². The van der Waals surface area contributed by atoms with E-state index in [0.717, 1.165) is 0 Å². The third kappa shape index (κ3) is 3.75. The number of hydrogen-bond donors (Lipinski definition) is 2. The van der Waals surface area contributed by atoms with Crippen LogP contribution in [0.25, 0.3) is 0 Å². The maximum Gasteiger partial charge on any atom is 0.246 e. The molecule has 0 saturated heterocycles. The van der Waals surface area contributed by atoms with E-state index in [2.05, 4.69) is 10.6 Å². The highest BCUT2D eigenvalue weighted by Gasteiger charge is 2.29. The van der Waals surface area contributed by atoms with E-state index in [0.29, 0.717) is 27.8 Å². The van der Waals surface area contributed by atoms with Gasteiger partial charge in [0.15, 0.2) is 0 Å². The summed E-state index contributed by atoms with van der Waals surface area (Å²) >= 11 is 6.03. The van der Waals surface area contributed by atoms with E-state index >= 15 is 0 Å². The molecular formula is C19H20ClN3O3. The minimum atomic E-state index is -0.255. The van der Waals surface area contributed by atoms with E-state index in [1.807, 2.05) is 25.1 Å². The Balaban J connectivity index is 1.83. The summed E-state index contributed by atoms with van der Waals surface area (Å²) in [4.78, 5) is 26.6. The Morgan fingerprint density at radius 1 is 1.35 bits per heavy atom. The van der Waals surface area contributed by atoms with E-state index in [9.17, 15) is 9.59 Å². The van der Waals surface area contributed by atoms with Crippen LogP contribution in [0.5, 0.6) is 5.75 Å². The first-order chi connectivity index (χ1) is 12.5. The monoisotopic (exact) mass is 373 g/mol. The summed E-state index contributed by atoms with van der Waals surface area (Å²) in [6.07, 6.45) is 0.237. The standard InChI is InChI=1S/C19H20ClN3O3/c1-12-9-18(24)22-14-5-3-4-6-16(14)23(12)19(25)11-21-15-10-13(20)7-8-17(15)26-2/h3-8,10,12,21H,9,11H2,1-2H3,(H,22,24)/t12-/m0/s1. The van der Waals surface area contributed by atoms with Gasteiger partial charge in [-0.3, -0.25) is 9.59 Å². The number of ether oxygens (including phenoxy) is 1. The molecule has 0 bridgehead atoms. The van der Waals surface area contributed by atoms with Gasteiger partial charge in [0.1, 0.15) is 5.75 Å². The van der Waals surface area contributed by atoms with Crippen molar-refractivity contribution in [1.82, 2.24) is 0 Å². The topological polar surface area (TPSA) is 70.7 Å². The number of nitrogens with zero attached hydrogens (tertiary/aromatic N) is 1. The van der Waals surface area contributed by atoms with Crippen molar-refractivity contribution in [2.24, 2.45) is 0 Å². The molecule has 7 heteroatoms. The van der Waals surface area contributed by atoms with Crippen LogP contribution in [-0.4, -0.2) is 31.5 Å².